The Labute approximate surface area is 108 Å². The van der Waals surface area contributed by atoms with E-state index in [1.54, 1.807) is 13.0 Å². The van der Waals surface area contributed by atoms with Crippen molar-refractivity contribution < 1.29 is 14.8 Å². The van der Waals surface area contributed by atoms with Crippen molar-refractivity contribution in [1.82, 2.24) is 0 Å². The number of aromatic hydroxyl groups is 1. The van der Waals surface area contributed by atoms with Crippen molar-refractivity contribution in [3.63, 3.8) is 0 Å². The molecule has 0 spiro atoms. The quantitative estimate of drug-likeness (QED) is 0.616. The van der Waals surface area contributed by atoms with E-state index in [1.807, 2.05) is 13.8 Å². The van der Waals surface area contributed by atoms with Crippen LogP contribution in [0.3, 0.4) is 0 Å². The van der Waals surface area contributed by atoms with Gasteiger partial charge in [0, 0.05) is 19.3 Å². The van der Waals surface area contributed by atoms with E-state index in [1.165, 1.54) is 25.0 Å². The van der Waals surface area contributed by atoms with Crippen LogP contribution in [0, 0.1) is 17.0 Å². The van der Waals surface area contributed by atoms with Crippen molar-refractivity contribution in [3.8, 4) is 5.75 Å². The Kier molecular flexibility index (Phi) is 8.57. The van der Waals surface area contributed by atoms with E-state index in [4.69, 9.17) is 9.84 Å². The Balaban J connectivity index is 0.000000343. The molecule has 1 aliphatic rings. The van der Waals surface area contributed by atoms with Gasteiger partial charge in [-0.15, -0.1) is 0 Å². The van der Waals surface area contributed by atoms with E-state index in [0.29, 0.717) is 0 Å². The Morgan fingerprint density at radius 3 is 2.17 bits per heavy atom. The number of phenolic OH excluding ortho intramolecular Hbond substituents is 1. The van der Waals surface area contributed by atoms with E-state index in [-0.39, 0.29) is 11.4 Å². The van der Waals surface area contributed by atoms with E-state index >= 15 is 0 Å². The van der Waals surface area contributed by atoms with Gasteiger partial charge in [0.25, 0.3) is 0 Å². The molecule has 2 rings (SSSR count). The number of phenols is 1. The average Bonchev–Trinajstić information content (AvgIpc) is 2.93. The van der Waals surface area contributed by atoms with Gasteiger partial charge in [-0.05, 0) is 31.4 Å². The van der Waals surface area contributed by atoms with Crippen molar-refractivity contribution in [2.75, 3.05) is 13.2 Å². The molecular formula is C13H21NO4. The topological polar surface area (TPSA) is 72.6 Å². The predicted octanol–water partition coefficient (Wildman–Crippen LogP) is 3.43. The molecule has 1 heterocycles. The van der Waals surface area contributed by atoms with Crippen molar-refractivity contribution in [2.45, 2.75) is 33.6 Å². The fraction of sp³-hybridized carbons (Fsp3) is 0.538. The molecule has 18 heavy (non-hydrogen) atoms. The summed E-state index contributed by atoms with van der Waals surface area (Å²) in [6, 6.07) is 4.26. The van der Waals surface area contributed by atoms with Crippen LogP contribution < -0.4 is 0 Å². The lowest BCUT2D eigenvalue weighted by atomic mass is 10.2. The van der Waals surface area contributed by atoms with Gasteiger partial charge >= 0.3 is 5.69 Å². The highest BCUT2D eigenvalue weighted by molar-refractivity contribution is 5.47. The largest absolute Gasteiger partial charge is 0.502 e. The zero-order valence-electron chi connectivity index (χ0n) is 11.2. The molecule has 102 valence electrons. The molecule has 0 saturated carbocycles. The zero-order valence-corrected chi connectivity index (χ0v) is 11.2. The van der Waals surface area contributed by atoms with Crippen LogP contribution in [0.5, 0.6) is 5.75 Å². The maximum Gasteiger partial charge on any atom is 0.310 e. The number of benzene rings is 1. The first-order valence-corrected chi connectivity index (χ1v) is 6.13. The molecule has 1 N–H and O–H groups in total. The molecule has 1 aromatic carbocycles. The summed E-state index contributed by atoms with van der Waals surface area (Å²) in [6.45, 7) is 7.73. The van der Waals surface area contributed by atoms with Gasteiger partial charge in [-0.3, -0.25) is 10.1 Å². The standard InChI is InChI=1S/C7H7NO3.C4H8O.C2H6/c1-5-2-3-7(9)6(4-5)8(10)11;1-2-4-5-3-1;1-2/h2-4,9H,1H3;1-4H2;1-2H3. The third kappa shape index (κ3) is 6.20. The molecule has 1 aliphatic heterocycles. The van der Waals surface area contributed by atoms with Gasteiger partial charge < -0.3 is 9.84 Å². The van der Waals surface area contributed by atoms with E-state index < -0.39 is 4.92 Å². The number of ether oxygens (including phenoxy) is 1. The number of hydrogen-bond acceptors (Lipinski definition) is 4. The van der Waals surface area contributed by atoms with Crippen LogP contribution in [-0.2, 0) is 4.74 Å². The van der Waals surface area contributed by atoms with Crippen molar-refractivity contribution >= 4 is 5.69 Å². The average molecular weight is 255 g/mol. The fourth-order valence-corrected chi connectivity index (χ4v) is 1.29. The first-order chi connectivity index (χ1) is 8.61. The molecular weight excluding hydrogens is 234 g/mol. The van der Waals surface area contributed by atoms with Crippen LogP contribution in [-0.4, -0.2) is 23.2 Å². The van der Waals surface area contributed by atoms with Crippen LogP contribution in [0.4, 0.5) is 5.69 Å². The number of rotatable bonds is 1. The summed E-state index contributed by atoms with van der Waals surface area (Å²) in [6.07, 6.45) is 2.56. The Bertz CT molecular complexity index is 354. The van der Waals surface area contributed by atoms with E-state index in [2.05, 4.69) is 0 Å². The van der Waals surface area contributed by atoms with Gasteiger partial charge in [0.15, 0.2) is 5.75 Å². The zero-order chi connectivity index (χ0) is 14.0. The van der Waals surface area contributed by atoms with Crippen molar-refractivity contribution in [1.29, 1.82) is 0 Å². The van der Waals surface area contributed by atoms with Crippen LogP contribution in [0.15, 0.2) is 18.2 Å². The summed E-state index contributed by atoms with van der Waals surface area (Å²) in [5.74, 6) is -0.291. The first kappa shape index (κ1) is 16.4. The lowest BCUT2D eigenvalue weighted by molar-refractivity contribution is -0.385. The lowest BCUT2D eigenvalue weighted by Crippen LogP contribution is -1.88. The van der Waals surface area contributed by atoms with Gasteiger partial charge in [-0.1, -0.05) is 19.9 Å². The number of nitro benzene ring substituents is 1. The highest BCUT2D eigenvalue weighted by Crippen LogP contribution is 2.25. The summed E-state index contributed by atoms with van der Waals surface area (Å²) in [4.78, 5) is 9.61. The number of nitro groups is 1. The maximum absolute atomic E-state index is 10.2. The van der Waals surface area contributed by atoms with Crippen molar-refractivity contribution in [3.05, 3.63) is 33.9 Å². The molecule has 0 aliphatic carbocycles. The third-order valence-electron chi connectivity index (χ3n) is 2.15. The highest BCUT2D eigenvalue weighted by Gasteiger charge is 2.11. The molecule has 0 atom stereocenters. The second kappa shape index (κ2) is 9.41. The number of nitrogens with zero attached hydrogens (tertiary/aromatic N) is 1. The minimum absolute atomic E-state index is 0.245. The molecule has 0 bridgehead atoms. The summed E-state index contributed by atoms with van der Waals surface area (Å²) in [5.41, 5.74) is 0.513. The summed E-state index contributed by atoms with van der Waals surface area (Å²) in [7, 11) is 0. The van der Waals surface area contributed by atoms with Crippen LogP contribution in [0.25, 0.3) is 0 Å². The summed E-state index contributed by atoms with van der Waals surface area (Å²) < 4.78 is 4.94. The predicted molar refractivity (Wildman–Crippen MR) is 70.9 cm³/mol. The lowest BCUT2D eigenvalue weighted by Gasteiger charge is -1.95. The molecule has 0 amide bonds. The molecule has 5 nitrogen and oxygen atoms in total. The number of aryl methyl sites for hydroxylation is 1. The smallest absolute Gasteiger partial charge is 0.310 e. The normalized spacial score (nSPS) is 12.8. The minimum atomic E-state index is -0.609. The summed E-state index contributed by atoms with van der Waals surface area (Å²) in [5, 5.41) is 19.2. The van der Waals surface area contributed by atoms with E-state index in [9.17, 15) is 10.1 Å². The highest BCUT2D eigenvalue weighted by atomic mass is 16.6. The Morgan fingerprint density at radius 1 is 1.28 bits per heavy atom. The van der Waals surface area contributed by atoms with Crippen LogP contribution in [0.2, 0.25) is 0 Å². The Morgan fingerprint density at radius 2 is 1.83 bits per heavy atom. The van der Waals surface area contributed by atoms with Crippen LogP contribution in [0.1, 0.15) is 32.3 Å². The first-order valence-electron chi connectivity index (χ1n) is 6.13. The monoisotopic (exact) mass is 255 g/mol. The van der Waals surface area contributed by atoms with Crippen molar-refractivity contribution in [2.24, 2.45) is 0 Å². The van der Waals surface area contributed by atoms with Gasteiger partial charge in [0.1, 0.15) is 0 Å². The molecule has 5 heteroatoms. The molecule has 0 aromatic heterocycles. The van der Waals surface area contributed by atoms with Gasteiger partial charge in [0.2, 0.25) is 0 Å². The van der Waals surface area contributed by atoms with Crippen LogP contribution >= 0.6 is 0 Å². The molecule has 0 unspecified atom stereocenters. The van der Waals surface area contributed by atoms with E-state index in [0.717, 1.165) is 18.8 Å². The summed E-state index contributed by atoms with van der Waals surface area (Å²) >= 11 is 0. The number of hydrogen-bond donors (Lipinski definition) is 1. The second-order valence-corrected chi connectivity index (χ2v) is 3.57. The minimum Gasteiger partial charge on any atom is -0.502 e. The SMILES string of the molecule is C1CCOC1.CC.Cc1ccc(O)c([N+](=O)[O-])c1. The van der Waals surface area contributed by atoms with Gasteiger partial charge in [-0.2, -0.15) is 0 Å². The third-order valence-corrected chi connectivity index (χ3v) is 2.15. The second-order valence-electron chi connectivity index (χ2n) is 3.57. The maximum atomic E-state index is 10.2. The fourth-order valence-electron chi connectivity index (χ4n) is 1.29. The Hall–Kier alpha value is -1.62. The molecule has 0 radical (unpaired) electrons. The van der Waals surface area contributed by atoms with Gasteiger partial charge in [0.05, 0.1) is 4.92 Å². The molecule has 1 aromatic rings. The molecule has 1 saturated heterocycles. The molecule has 1 fully saturated rings. The van der Waals surface area contributed by atoms with Gasteiger partial charge in [-0.25, -0.2) is 0 Å².